The van der Waals surface area contributed by atoms with E-state index in [-0.39, 0.29) is 10.8 Å². The second-order valence-corrected chi connectivity index (χ2v) is 5.57. The Kier molecular flexibility index (Phi) is 5.02. The van der Waals surface area contributed by atoms with Crippen molar-refractivity contribution in [1.82, 2.24) is 5.32 Å². The number of nitrogens with one attached hydrogen (secondary N) is 1. The molecule has 0 saturated heterocycles. The van der Waals surface area contributed by atoms with Crippen molar-refractivity contribution in [2.75, 3.05) is 6.54 Å². The Morgan fingerprint density at radius 3 is 2.72 bits per heavy atom. The lowest BCUT2D eigenvalue weighted by Gasteiger charge is -2.24. The second-order valence-electron chi connectivity index (χ2n) is 5.16. The highest BCUT2D eigenvalue weighted by molar-refractivity contribution is 6.30. The van der Waals surface area contributed by atoms with Crippen LogP contribution in [-0.2, 0) is 6.42 Å². The molecule has 1 N–H and O–H groups in total. The van der Waals surface area contributed by atoms with Gasteiger partial charge in [0.05, 0.1) is 5.02 Å². The van der Waals surface area contributed by atoms with Crippen molar-refractivity contribution in [2.24, 2.45) is 5.92 Å². The zero-order chi connectivity index (χ0) is 13.0. The van der Waals surface area contributed by atoms with Crippen LogP contribution in [0.15, 0.2) is 18.2 Å². The normalized spacial score (nSPS) is 18.2. The molecule has 1 aromatic rings. The Bertz CT molecular complexity index is 388. The molecule has 1 atom stereocenters. The molecule has 0 spiro atoms. The Morgan fingerprint density at radius 1 is 1.39 bits per heavy atom. The average Bonchev–Trinajstić information content (AvgIpc) is 2.87. The Morgan fingerprint density at radius 2 is 2.11 bits per heavy atom. The van der Waals surface area contributed by atoms with Crippen molar-refractivity contribution >= 4 is 11.6 Å². The predicted octanol–water partition coefficient (Wildman–Crippen LogP) is 4.19. The van der Waals surface area contributed by atoms with Gasteiger partial charge in [-0.05, 0) is 49.4 Å². The molecule has 2 rings (SSSR count). The zero-order valence-electron chi connectivity index (χ0n) is 10.9. The van der Waals surface area contributed by atoms with Crippen molar-refractivity contribution < 1.29 is 4.39 Å². The van der Waals surface area contributed by atoms with E-state index < -0.39 is 0 Å². The number of benzene rings is 1. The molecule has 0 aliphatic heterocycles. The molecule has 1 fully saturated rings. The van der Waals surface area contributed by atoms with Crippen LogP contribution in [0.2, 0.25) is 5.02 Å². The van der Waals surface area contributed by atoms with Gasteiger partial charge in [0.2, 0.25) is 0 Å². The van der Waals surface area contributed by atoms with Crippen LogP contribution in [0.5, 0.6) is 0 Å². The number of hydrogen-bond donors (Lipinski definition) is 1. The third kappa shape index (κ3) is 3.46. The molecule has 1 aliphatic rings. The molecule has 3 heteroatoms. The second kappa shape index (κ2) is 6.53. The lowest BCUT2D eigenvalue weighted by atomic mass is 9.92. The van der Waals surface area contributed by atoms with E-state index in [1.165, 1.54) is 31.7 Å². The summed E-state index contributed by atoms with van der Waals surface area (Å²) in [4.78, 5) is 0. The first-order valence-electron chi connectivity index (χ1n) is 6.88. The largest absolute Gasteiger partial charge is 0.314 e. The van der Waals surface area contributed by atoms with Gasteiger partial charge in [-0.2, -0.15) is 0 Å². The molecule has 1 aromatic carbocycles. The number of likely N-dealkylation sites (N-methyl/N-ethyl adjacent to an activating group) is 1. The molecule has 1 nitrogen and oxygen atoms in total. The summed E-state index contributed by atoms with van der Waals surface area (Å²) in [5.41, 5.74) is 1.12. The van der Waals surface area contributed by atoms with E-state index in [0.29, 0.717) is 6.04 Å². The van der Waals surface area contributed by atoms with Crippen LogP contribution in [0, 0.1) is 11.7 Å². The van der Waals surface area contributed by atoms with Crippen molar-refractivity contribution in [3.05, 3.63) is 34.6 Å². The monoisotopic (exact) mass is 269 g/mol. The van der Waals surface area contributed by atoms with Crippen LogP contribution in [0.1, 0.15) is 38.2 Å². The first kappa shape index (κ1) is 13.8. The highest BCUT2D eigenvalue weighted by Crippen LogP contribution is 2.29. The van der Waals surface area contributed by atoms with Gasteiger partial charge in [0, 0.05) is 6.04 Å². The summed E-state index contributed by atoms with van der Waals surface area (Å²) in [6.45, 7) is 3.12. The van der Waals surface area contributed by atoms with Gasteiger partial charge >= 0.3 is 0 Å². The van der Waals surface area contributed by atoms with Gasteiger partial charge < -0.3 is 5.32 Å². The molecule has 100 valence electrons. The summed E-state index contributed by atoms with van der Waals surface area (Å²) in [6.07, 6.45) is 6.26. The van der Waals surface area contributed by atoms with Crippen LogP contribution in [-0.4, -0.2) is 12.6 Å². The van der Waals surface area contributed by atoms with Gasteiger partial charge in [-0.15, -0.1) is 0 Å². The van der Waals surface area contributed by atoms with Gasteiger partial charge in [-0.25, -0.2) is 4.39 Å². The number of rotatable bonds is 5. The Labute approximate surface area is 114 Å². The van der Waals surface area contributed by atoms with E-state index >= 15 is 0 Å². The van der Waals surface area contributed by atoms with Crippen molar-refractivity contribution in [2.45, 2.75) is 45.1 Å². The fourth-order valence-electron chi connectivity index (χ4n) is 2.95. The van der Waals surface area contributed by atoms with Crippen LogP contribution in [0.4, 0.5) is 4.39 Å². The molecule has 0 bridgehead atoms. The van der Waals surface area contributed by atoms with Crippen molar-refractivity contribution in [1.29, 1.82) is 0 Å². The molecule has 1 aliphatic carbocycles. The maximum atomic E-state index is 13.1. The highest BCUT2D eigenvalue weighted by Gasteiger charge is 2.24. The lowest BCUT2D eigenvalue weighted by molar-refractivity contribution is 0.362. The average molecular weight is 270 g/mol. The van der Waals surface area contributed by atoms with Gasteiger partial charge in [-0.1, -0.05) is 37.4 Å². The summed E-state index contributed by atoms with van der Waals surface area (Å²) in [6, 6.07) is 5.57. The topological polar surface area (TPSA) is 12.0 Å². The van der Waals surface area contributed by atoms with E-state index in [1.54, 1.807) is 6.07 Å². The van der Waals surface area contributed by atoms with Crippen LogP contribution < -0.4 is 5.32 Å². The third-order valence-electron chi connectivity index (χ3n) is 3.87. The smallest absolute Gasteiger partial charge is 0.141 e. The fourth-order valence-corrected chi connectivity index (χ4v) is 3.15. The standard InChI is InChI=1S/C15H21ClFN/c1-2-18-15(12-5-3-4-6-12)10-11-7-8-14(17)13(16)9-11/h7-9,12,15,18H,2-6,10H2,1H3. The molecule has 0 heterocycles. The van der Waals surface area contributed by atoms with E-state index in [1.807, 2.05) is 6.07 Å². The van der Waals surface area contributed by atoms with Crippen molar-refractivity contribution in [3.8, 4) is 0 Å². The summed E-state index contributed by atoms with van der Waals surface area (Å²) in [7, 11) is 0. The van der Waals surface area contributed by atoms with Crippen molar-refractivity contribution in [3.63, 3.8) is 0 Å². The first-order chi connectivity index (χ1) is 8.70. The Balaban J connectivity index is 2.04. The molecule has 0 radical (unpaired) electrons. The SMILES string of the molecule is CCNC(Cc1ccc(F)c(Cl)c1)C1CCCC1. The molecular formula is C15H21ClFN. The highest BCUT2D eigenvalue weighted by atomic mass is 35.5. The lowest BCUT2D eigenvalue weighted by Crippen LogP contribution is -2.36. The van der Waals surface area contributed by atoms with E-state index in [0.717, 1.165) is 24.4 Å². The maximum absolute atomic E-state index is 13.1. The van der Waals surface area contributed by atoms with E-state index in [4.69, 9.17) is 11.6 Å². The number of hydrogen-bond acceptors (Lipinski definition) is 1. The zero-order valence-corrected chi connectivity index (χ0v) is 11.6. The number of halogens is 2. The minimum Gasteiger partial charge on any atom is -0.314 e. The predicted molar refractivity (Wildman–Crippen MR) is 74.5 cm³/mol. The summed E-state index contributed by atoms with van der Waals surface area (Å²) >= 11 is 5.84. The first-order valence-corrected chi connectivity index (χ1v) is 7.25. The molecule has 1 unspecified atom stereocenters. The quantitative estimate of drug-likeness (QED) is 0.845. The minimum absolute atomic E-state index is 0.231. The maximum Gasteiger partial charge on any atom is 0.141 e. The summed E-state index contributed by atoms with van der Waals surface area (Å²) < 4.78 is 13.1. The molecule has 1 saturated carbocycles. The van der Waals surface area contributed by atoms with Gasteiger partial charge in [0.25, 0.3) is 0 Å². The summed E-state index contributed by atoms with van der Waals surface area (Å²) in [5.74, 6) is 0.426. The van der Waals surface area contributed by atoms with Gasteiger partial charge in [-0.3, -0.25) is 0 Å². The van der Waals surface area contributed by atoms with E-state index in [2.05, 4.69) is 12.2 Å². The van der Waals surface area contributed by atoms with E-state index in [9.17, 15) is 4.39 Å². The van der Waals surface area contributed by atoms with Crippen LogP contribution in [0.25, 0.3) is 0 Å². The molecule has 0 amide bonds. The molecule has 0 aromatic heterocycles. The minimum atomic E-state index is -0.332. The Hall–Kier alpha value is -0.600. The molecular weight excluding hydrogens is 249 g/mol. The molecule has 18 heavy (non-hydrogen) atoms. The fraction of sp³-hybridized carbons (Fsp3) is 0.600. The van der Waals surface area contributed by atoms with Crippen LogP contribution >= 0.6 is 11.6 Å². The third-order valence-corrected chi connectivity index (χ3v) is 4.16. The van der Waals surface area contributed by atoms with Gasteiger partial charge in [0.15, 0.2) is 0 Å². The summed E-state index contributed by atoms with van der Waals surface area (Å²) in [5, 5.41) is 3.80. The van der Waals surface area contributed by atoms with Gasteiger partial charge in [0.1, 0.15) is 5.82 Å². The van der Waals surface area contributed by atoms with Crippen LogP contribution in [0.3, 0.4) is 0 Å².